The van der Waals surface area contributed by atoms with Crippen LogP contribution in [-0.2, 0) is 14.3 Å². The van der Waals surface area contributed by atoms with Gasteiger partial charge in [0.05, 0.1) is 0 Å². The summed E-state index contributed by atoms with van der Waals surface area (Å²) in [5, 5.41) is 2.71. The molecule has 0 spiro atoms. The molecule has 0 aromatic heterocycles. The molecule has 0 aliphatic heterocycles. The fourth-order valence-corrected chi connectivity index (χ4v) is 1.98. The second kappa shape index (κ2) is 8.72. The summed E-state index contributed by atoms with van der Waals surface area (Å²) in [6, 6.07) is 0. The molecule has 1 aliphatic rings. The second-order valence-electron chi connectivity index (χ2n) is 4.67. The quantitative estimate of drug-likeness (QED) is 0.449. The van der Waals surface area contributed by atoms with Crippen molar-refractivity contribution in [3.8, 4) is 0 Å². The van der Waals surface area contributed by atoms with Crippen molar-refractivity contribution in [2.24, 2.45) is 0 Å². The highest BCUT2D eigenvalue weighted by Crippen LogP contribution is 2.20. The number of carbonyl (C=O) groups excluding carboxylic acids is 2. The van der Waals surface area contributed by atoms with Crippen molar-refractivity contribution in [3.63, 3.8) is 0 Å². The first-order valence-electron chi connectivity index (χ1n) is 6.89. The van der Waals surface area contributed by atoms with Crippen LogP contribution in [0.4, 0.5) is 0 Å². The minimum atomic E-state index is -0.410. The normalized spacial score (nSPS) is 16.7. The van der Waals surface area contributed by atoms with Gasteiger partial charge in [0.15, 0.2) is 0 Å². The number of amides is 1. The molecule has 18 heavy (non-hydrogen) atoms. The van der Waals surface area contributed by atoms with Crippen LogP contribution in [0.1, 0.15) is 51.9 Å². The fraction of sp³-hybridized carbons (Fsp3) is 0.714. The SMILES string of the molecule is CCCCNC(=O)/C=C\C(=O)OC1CCCCC1. The van der Waals surface area contributed by atoms with E-state index in [2.05, 4.69) is 12.2 Å². The molecular formula is C14H23NO3. The van der Waals surface area contributed by atoms with Crippen LogP contribution in [0.2, 0.25) is 0 Å². The van der Waals surface area contributed by atoms with Gasteiger partial charge in [-0.3, -0.25) is 4.79 Å². The highest BCUT2D eigenvalue weighted by Gasteiger charge is 2.16. The summed E-state index contributed by atoms with van der Waals surface area (Å²) >= 11 is 0. The Bertz CT molecular complexity index is 293. The van der Waals surface area contributed by atoms with Crippen molar-refractivity contribution in [1.29, 1.82) is 0 Å². The van der Waals surface area contributed by atoms with Gasteiger partial charge in [0, 0.05) is 18.7 Å². The van der Waals surface area contributed by atoms with Crippen LogP contribution in [0.3, 0.4) is 0 Å². The van der Waals surface area contributed by atoms with E-state index in [1.807, 2.05) is 0 Å². The summed E-state index contributed by atoms with van der Waals surface area (Å²) < 4.78 is 5.26. The van der Waals surface area contributed by atoms with Gasteiger partial charge in [-0.1, -0.05) is 19.8 Å². The Morgan fingerprint density at radius 1 is 1.22 bits per heavy atom. The number of unbranched alkanes of at least 4 members (excludes halogenated alkanes) is 1. The lowest BCUT2D eigenvalue weighted by molar-refractivity contribution is -0.144. The van der Waals surface area contributed by atoms with Crippen LogP contribution in [0.25, 0.3) is 0 Å². The van der Waals surface area contributed by atoms with E-state index in [9.17, 15) is 9.59 Å². The zero-order chi connectivity index (χ0) is 13.2. The fourth-order valence-electron chi connectivity index (χ4n) is 1.98. The number of nitrogens with one attached hydrogen (secondary N) is 1. The molecule has 1 saturated carbocycles. The minimum Gasteiger partial charge on any atom is -0.459 e. The highest BCUT2D eigenvalue weighted by molar-refractivity contribution is 5.94. The predicted octanol–water partition coefficient (Wildman–Crippen LogP) is 2.33. The summed E-state index contributed by atoms with van der Waals surface area (Å²) in [7, 11) is 0. The van der Waals surface area contributed by atoms with Gasteiger partial charge >= 0.3 is 5.97 Å². The third-order valence-corrected chi connectivity index (χ3v) is 3.04. The first-order chi connectivity index (χ1) is 8.72. The molecule has 4 heteroatoms. The Hall–Kier alpha value is -1.32. The molecule has 0 saturated heterocycles. The number of rotatable bonds is 6. The van der Waals surface area contributed by atoms with Crippen molar-refractivity contribution in [2.75, 3.05) is 6.54 Å². The number of hydrogen-bond donors (Lipinski definition) is 1. The Kier molecular flexibility index (Phi) is 7.14. The first kappa shape index (κ1) is 14.7. The summed E-state index contributed by atoms with van der Waals surface area (Å²) in [5.41, 5.74) is 0. The lowest BCUT2D eigenvalue weighted by Gasteiger charge is -2.20. The van der Waals surface area contributed by atoms with Gasteiger partial charge in [-0.2, -0.15) is 0 Å². The average Bonchev–Trinajstić information content (AvgIpc) is 2.38. The molecule has 1 fully saturated rings. The van der Waals surface area contributed by atoms with E-state index in [4.69, 9.17) is 4.74 Å². The van der Waals surface area contributed by atoms with Gasteiger partial charge < -0.3 is 10.1 Å². The van der Waals surface area contributed by atoms with Crippen molar-refractivity contribution >= 4 is 11.9 Å². The van der Waals surface area contributed by atoms with E-state index in [1.54, 1.807) is 0 Å². The second-order valence-corrected chi connectivity index (χ2v) is 4.67. The van der Waals surface area contributed by atoms with Crippen LogP contribution >= 0.6 is 0 Å². The molecular weight excluding hydrogens is 230 g/mol. The average molecular weight is 253 g/mol. The number of hydrogen-bond acceptors (Lipinski definition) is 3. The summed E-state index contributed by atoms with van der Waals surface area (Å²) in [5.74, 6) is -0.642. The maximum absolute atomic E-state index is 11.5. The van der Waals surface area contributed by atoms with Crippen molar-refractivity contribution in [3.05, 3.63) is 12.2 Å². The molecule has 1 amide bonds. The molecule has 0 radical (unpaired) electrons. The molecule has 1 rings (SSSR count). The molecule has 1 aliphatic carbocycles. The topological polar surface area (TPSA) is 55.4 Å². The Morgan fingerprint density at radius 2 is 1.94 bits per heavy atom. The third-order valence-electron chi connectivity index (χ3n) is 3.04. The van der Waals surface area contributed by atoms with Gasteiger partial charge in [-0.05, 0) is 32.1 Å². The number of ether oxygens (including phenoxy) is 1. The molecule has 0 aromatic carbocycles. The largest absolute Gasteiger partial charge is 0.459 e. The highest BCUT2D eigenvalue weighted by atomic mass is 16.5. The lowest BCUT2D eigenvalue weighted by atomic mass is 9.98. The van der Waals surface area contributed by atoms with E-state index in [0.29, 0.717) is 6.54 Å². The summed E-state index contributed by atoms with van der Waals surface area (Å²) in [6.45, 7) is 2.71. The molecule has 0 aromatic rings. The standard InChI is InChI=1S/C14H23NO3/c1-2-3-11-15-13(16)9-10-14(17)18-12-7-5-4-6-8-12/h9-10,12H,2-8,11H2,1H3,(H,15,16)/b10-9-. The van der Waals surface area contributed by atoms with Crippen LogP contribution in [0.15, 0.2) is 12.2 Å². The van der Waals surface area contributed by atoms with Crippen LogP contribution in [-0.4, -0.2) is 24.5 Å². The minimum absolute atomic E-state index is 0.0408. The Morgan fingerprint density at radius 3 is 2.61 bits per heavy atom. The van der Waals surface area contributed by atoms with Gasteiger partial charge in [-0.15, -0.1) is 0 Å². The monoisotopic (exact) mass is 253 g/mol. The molecule has 1 N–H and O–H groups in total. The smallest absolute Gasteiger partial charge is 0.331 e. The van der Waals surface area contributed by atoms with E-state index in [1.165, 1.54) is 18.6 Å². The van der Waals surface area contributed by atoms with Gasteiger partial charge in [0.25, 0.3) is 0 Å². The maximum Gasteiger partial charge on any atom is 0.331 e. The van der Waals surface area contributed by atoms with E-state index < -0.39 is 5.97 Å². The van der Waals surface area contributed by atoms with E-state index in [-0.39, 0.29) is 12.0 Å². The zero-order valence-corrected chi connectivity index (χ0v) is 11.1. The molecule has 102 valence electrons. The summed E-state index contributed by atoms with van der Waals surface area (Å²) in [6.07, 6.45) is 9.86. The number of carbonyl (C=O) groups is 2. The van der Waals surface area contributed by atoms with Crippen LogP contribution in [0, 0.1) is 0 Å². The maximum atomic E-state index is 11.5. The molecule has 0 bridgehead atoms. The zero-order valence-electron chi connectivity index (χ0n) is 11.1. The predicted molar refractivity (Wildman–Crippen MR) is 70.0 cm³/mol. The third kappa shape index (κ3) is 6.42. The van der Waals surface area contributed by atoms with E-state index >= 15 is 0 Å². The van der Waals surface area contributed by atoms with Crippen molar-refractivity contribution in [1.82, 2.24) is 5.32 Å². The van der Waals surface area contributed by atoms with Crippen molar-refractivity contribution < 1.29 is 14.3 Å². The van der Waals surface area contributed by atoms with E-state index in [0.717, 1.165) is 38.5 Å². The molecule has 4 nitrogen and oxygen atoms in total. The van der Waals surface area contributed by atoms with Gasteiger partial charge in [0.1, 0.15) is 6.10 Å². The van der Waals surface area contributed by atoms with Crippen LogP contribution < -0.4 is 5.32 Å². The molecule has 0 unspecified atom stereocenters. The Labute approximate surface area is 109 Å². The van der Waals surface area contributed by atoms with Crippen molar-refractivity contribution in [2.45, 2.75) is 58.0 Å². The molecule has 0 heterocycles. The van der Waals surface area contributed by atoms with Crippen LogP contribution in [0.5, 0.6) is 0 Å². The van der Waals surface area contributed by atoms with Gasteiger partial charge in [0.2, 0.25) is 5.91 Å². The van der Waals surface area contributed by atoms with Gasteiger partial charge in [-0.25, -0.2) is 4.79 Å². The number of esters is 1. The lowest BCUT2D eigenvalue weighted by Crippen LogP contribution is -2.23. The Balaban J connectivity index is 2.19. The first-order valence-corrected chi connectivity index (χ1v) is 6.89. The summed E-state index contributed by atoms with van der Waals surface area (Å²) in [4.78, 5) is 22.8. The molecule has 0 atom stereocenters.